The van der Waals surface area contributed by atoms with Gasteiger partial charge < -0.3 is 0 Å². The Morgan fingerprint density at radius 1 is 0.923 bits per heavy atom. The molecule has 0 N–H and O–H groups in total. The third kappa shape index (κ3) is 9.39. The smallest absolute Gasteiger partial charge is 0.0144 e. The van der Waals surface area contributed by atoms with E-state index in [1.54, 1.807) is 0 Å². The first-order valence-electron chi connectivity index (χ1n) is 5.27. The highest BCUT2D eigenvalue weighted by atomic mass is 127. The number of hydrogen-bond acceptors (Lipinski definition) is 0. The van der Waals surface area contributed by atoms with Crippen LogP contribution in [0.4, 0.5) is 0 Å². The van der Waals surface area contributed by atoms with E-state index in [1.807, 2.05) is 0 Å². The van der Waals surface area contributed by atoms with Crippen LogP contribution in [0.5, 0.6) is 0 Å². The van der Waals surface area contributed by atoms with Crippen molar-refractivity contribution in [2.24, 2.45) is 11.8 Å². The molecule has 0 spiro atoms. The maximum absolute atomic E-state index is 2.73. The number of hydrogen-bond donors (Lipinski definition) is 0. The Morgan fingerprint density at radius 2 is 1.23 bits per heavy atom. The molecule has 0 aromatic carbocycles. The van der Waals surface area contributed by atoms with Gasteiger partial charge >= 0.3 is 0 Å². The lowest BCUT2D eigenvalue weighted by molar-refractivity contribution is 0.622. The maximum atomic E-state index is 2.73. The monoisotopic (exact) mass is 316 g/mol. The van der Waals surface area contributed by atoms with Crippen LogP contribution in [-0.2, 0) is 0 Å². The summed E-state index contributed by atoms with van der Waals surface area (Å²) in [6, 6.07) is 0. The van der Waals surface area contributed by atoms with E-state index in [9.17, 15) is 0 Å². The minimum atomic E-state index is -0.302. The van der Waals surface area contributed by atoms with Crippen LogP contribution in [0.2, 0.25) is 0 Å². The van der Waals surface area contributed by atoms with Gasteiger partial charge in [-0.1, -0.05) is 27.7 Å². The molecule has 13 heavy (non-hydrogen) atoms. The minimum absolute atomic E-state index is 0.302. The molecule has 82 valence electrons. The fraction of sp³-hybridized carbons (Fsp3) is 1.00. The van der Waals surface area contributed by atoms with Gasteiger partial charge in [0.05, 0.1) is 0 Å². The molecule has 0 aromatic rings. The molecule has 0 aliphatic rings. The maximum Gasteiger partial charge on any atom is -0.0144 e. The average Bonchev–Trinajstić information content (AvgIpc) is 1.98. The van der Waals surface area contributed by atoms with Crippen molar-refractivity contribution >= 4 is 28.4 Å². The van der Waals surface area contributed by atoms with Gasteiger partial charge in [0.1, 0.15) is 0 Å². The standard InChI is InChI=1S/C11H25IS/c1-10(2)6-8-13(5,12)9-7-11(3)4/h10-11H,6-9H2,1-5H3. The SMILES string of the molecule is CC(C)CCS(C)(I)CCC(C)C. The zero-order valence-electron chi connectivity index (χ0n) is 9.77. The second-order valence-electron chi connectivity index (χ2n) is 4.93. The highest BCUT2D eigenvalue weighted by Gasteiger charge is 2.14. The largest absolute Gasteiger partial charge is 0.190 e. The van der Waals surface area contributed by atoms with Gasteiger partial charge in [-0.25, -0.2) is 0 Å². The van der Waals surface area contributed by atoms with Gasteiger partial charge in [-0.15, -0.1) is 0 Å². The zero-order valence-corrected chi connectivity index (χ0v) is 12.7. The van der Waals surface area contributed by atoms with Crippen LogP contribution in [0.3, 0.4) is 0 Å². The molecule has 0 aromatic heterocycles. The lowest BCUT2D eigenvalue weighted by Gasteiger charge is -2.30. The zero-order chi connectivity index (χ0) is 10.5. The minimum Gasteiger partial charge on any atom is -0.190 e. The molecule has 0 aliphatic carbocycles. The highest BCUT2D eigenvalue weighted by Crippen LogP contribution is 2.54. The van der Waals surface area contributed by atoms with Crippen molar-refractivity contribution in [3.8, 4) is 0 Å². The van der Waals surface area contributed by atoms with Crippen LogP contribution < -0.4 is 0 Å². The van der Waals surface area contributed by atoms with Crippen LogP contribution >= 0.6 is 28.4 Å². The van der Waals surface area contributed by atoms with Crippen molar-refractivity contribution in [2.45, 2.75) is 40.5 Å². The summed E-state index contributed by atoms with van der Waals surface area (Å²) >= 11 is 2.73. The molecule has 0 nitrogen and oxygen atoms in total. The molecule has 2 heteroatoms. The normalized spacial score (nSPS) is 14.2. The van der Waals surface area contributed by atoms with Gasteiger partial charge in [0, 0.05) is 0 Å². The second-order valence-corrected chi connectivity index (χ2v) is 14.4. The summed E-state index contributed by atoms with van der Waals surface area (Å²) in [4.78, 5) is 0. The molecule has 0 saturated heterocycles. The summed E-state index contributed by atoms with van der Waals surface area (Å²) in [5, 5.41) is 0. The quantitative estimate of drug-likeness (QED) is 0.614. The first-order valence-corrected chi connectivity index (χ1v) is 10.2. The molecule has 0 bridgehead atoms. The molecule has 0 rings (SSSR count). The summed E-state index contributed by atoms with van der Waals surface area (Å²) in [6.07, 6.45) is 5.30. The van der Waals surface area contributed by atoms with Crippen molar-refractivity contribution in [2.75, 3.05) is 17.8 Å². The lowest BCUT2D eigenvalue weighted by atomic mass is 10.2. The van der Waals surface area contributed by atoms with Crippen molar-refractivity contribution in [1.29, 1.82) is 0 Å². The Balaban J connectivity index is 3.66. The second kappa shape index (κ2) is 6.54. The average molecular weight is 316 g/mol. The molecule has 0 heterocycles. The summed E-state index contributed by atoms with van der Waals surface area (Å²) in [6.45, 7) is 9.31. The molecule has 0 aliphatic heterocycles. The Hall–Kier alpha value is 1.08. The van der Waals surface area contributed by atoms with E-state index in [2.05, 4.69) is 55.2 Å². The summed E-state index contributed by atoms with van der Waals surface area (Å²) in [5.41, 5.74) is 0. The van der Waals surface area contributed by atoms with Crippen LogP contribution in [-0.4, -0.2) is 17.8 Å². The first-order chi connectivity index (χ1) is 5.83. The fourth-order valence-corrected chi connectivity index (χ4v) is 4.72. The third-order valence-corrected chi connectivity index (χ3v) is 7.06. The Bertz CT molecular complexity index is 116. The van der Waals surface area contributed by atoms with E-state index < -0.39 is 0 Å². The first kappa shape index (κ1) is 14.1. The van der Waals surface area contributed by atoms with E-state index in [0.29, 0.717) is 0 Å². The lowest BCUT2D eigenvalue weighted by Crippen LogP contribution is -2.05. The Labute approximate surface area is 98.2 Å². The van der Waals surface area contributed by atoms with E-state index >= 15 is 0 Å². The summed E-state index contributed by atoms with van der Waals surface area (Å²) in [5.74, 6) is 4.66. The van der Waals surface area contributed by atoms with E-state index in [4.69, 9.17) is 0 Å². The van der Waals surface area contributed by atoms with Crippen molar-refractivity contribution in [3.05, 3.63) is 0 Å². The van der Waals surface area contributed by atoms with Crippen LogP contribution in [0, 0.1) is 11.8 Å². The van der Waals surface area contributed by atoms with E-state index in [-0.39, 0.29) is 7.20 Å². The predicted molar refractivity (Wildman–Crippen MR) is 76.2 cm³/mol. The van der Waals surface area contributed by atoms with Gasteiger partial charge in [0.25, 0.3) is 0 Å². The topological polar surface area (TPSA) is 0 Å². The van der Waals surface area contributed by atoms with Gasteiger partial charge in [0.15, 0.2) is 0 Å². The molecule has 0 saturated carbocycles. The molecule has 0 unspecified atom stereocenters. The van der Waals surface area contributed by atoms with Crippen LogP contribution in [0.1, 0.15) is 40.5 Å². The predicted octanol–water partition coefficient (Wildman–Crippen LogP) is 4.86. The van der Waals surface area contributed by atoms with Crippen molar-refractivity contribution in [3.63, 3.8) is 0 Å². The van der Waals surface area contributed by atoms with Crippen LogP contribution in [0.25, 0.3) is 0 Å². The third-order valence-electron chi connectivity index (χ3n) is 2.24. The number of rotatable bonds is 6. The van der Waals surface area contributed by atoms with Crippen molar-refractivity contribution in [1.82, 2.24) is 0 Å². The van der Waals surface area contributed by atoms with Crippen LogP contribution in [0.15, 0.2) is 0 Å². The van der Waals surface area contributed by atoms with Gasteiger partial charge in [-0.05, 0) is 63.6 Å². The molecule has 0 amide bonds. The molecule has 0 radical (unpaired) electrons. The molecule has 0 fully saturated rings. The van der Waals surface area contributed by atoms with Crippen molar-refractivity contribution < 1.29 is 0 Å². The van der Waals surface area contributed by atoms with E-state index in [1.165, 1.54) is 24.3 Å². The highest BCUT2D eigenvalue weighted by molar-refractivity contribution is 14.2. The summed E-state index contributed by atoms with van der Waals surface area (Å²) < 4.78 is 0. The molecular weight excluding hydrogens is 291 g/mol. The molecular formula is C11H25IS. The van der Waals surface area contributed by atoms with Gasteiger partial charge in [-0.2, -0.15) is 7.20 Å². The van der Waals surface area contributed by atoms with E-state index in [0.717, 1.165) is 11.8 Å². The number of halogens is 1. The van der Waals surface area contributed by atoms with Gasteiger partial charge in [-0.3, -0.25) is 0 Å². The van der Waals surface area contributed by atoms with Gasteiger partial charge in [0.2, 0.25) is 0 Å². The Kier molecular flexibility index (Phi) is 7.09. The Morgan fingerprint density at radius 3 is 1.46 bits per heavy atom. The summed E-state index contributed by atoms with van der Waals surface area (Å²) in [7, 11) is -0.302. The molecule has 0 atom stereocenters. The fourth-order valence-electron chi connectivity index (χ4n) is 1.06.